The molecular weight excluding hydrogens is 233 g/mol. The fraction of sp³-hybridized carbons (Fsp3) is 0.100. The average Bonchev–Trinajstić information content (AvgIpc) is 2.19. The normalized spacial score (nSPS) is 8.43. The second-order valence-electron chi connectivity index (χ2n) is 2.08. The zero-order chi connectivity index (χ0) is 10.1. The molecule has 0 amide bonds. The van der Waals surface area contributed by atoms with Crippen molar-refractivity contribution in [2.24, 2.45) is 0 Å². The molecule has 0 aliphatic carbocycles. The van der Waals surface area contributed by atoms with Gasteiger partial charge in [-0.3, -0.25) is 0 Å². The molecule has 0 saturated heterocycles. The number of aliphatic hydroxyl groups is 1. The first-order valence-electron chi connectivity index (χ1n) is 3.70. The maximum atomic E-state index is 10.1. The van der Waals surface area contributed by atoms with E-state index >= 15 is 0 Å². The van der Waals surface area contributed by atoms with Gasteiger partial charge in [-0.1, -0.05) is 30.3 Å². The van der Waals surface area contributed by atoms with E-state index in [1.54, 1.807) is 6.08 Å². The first-order valence-corrected chi connectivity index (χ1v) is 3.70. The molecule has 0 unspecified atom stereocenters. The summed E-state index contributed by atoms with van der Waals surface area (Å²) >= 11 is 0. The van der Waals surface area contributed by atoms with Gasteiger partial charge in [0.05, 0.1) is 0 Å². The Kier molecular flexibility index (Phi) is 11.2. The molecule has 0 radical (unpaired) electrons. The minimum atomic E-state index is -0.922. The summed E-state index contributed by atoms with van der Waals surface area (Å²) in [5.41, 5.74) is 0.898. The van der Waals surface area contributed by atoms with Crippen molar-refractivity contribution in [3.8, 4) is 0 Å². The number of carboxylic acids is 1. The van der Waals surface area contributed by atoms with Crippen LogP contribution in [0.25, 0.3) is 6.08 Å². The SMILES string of the molecule is CO.O=C(O)C=Cc1ccccc1.[Zn]. The van der Waals surface area contributed by atoms with Crippen LogP contribution < -0.4 is 0 Å². The van der Waals surface area contributed by atoms with Crippen LogP contribution in [0.4, 0.5) is 0 Å². The summed E-state index contributed by atoms with van der Waals surface area (Å²) in [6.07, 6.45) is 2.68. The van der Waals surface area contributed by atoms with E-state index in [9.17, 15) is 4.79 Å². The third kappa shape index (κ3) is 7.65. The van der Waals surface area contributed by atoms with Crippen LogP contribution in [0.5, 0.6) is 0 Å². The van der Waals surface area contributed by atoms with E-state index in [1.807, 2.05) is 30.3 Å². The van der Waals surface area contributed by atoms with Crippen LogP contribution in [0.15, 0.2) is 36.4 Å². The van der Waals surface area contributed by atoms with E-state index in [-0.39, 0.29) is 19.5 Å². The molecule has 2 N–H and O–H groups in total. The number of benzene rings is 1. The smallest absolute Gasteiger partial charge is 0.328 e. The molecule has 4 heteroatoms. The molecule has 0 spiro atoms. The number of hydrogen-bond donors (Lipinski definition) is 2. The van der Waals surface area contributed by atoms with Gasteiger partial charge < -0.3 is 10.2 Å². The monoisotopic (exact) mass is 244 g/mol. The minimum absolute atomic E-state index is 0. The molecule has 0 atom stereocenters. The molecule has 3 nitrogen and oxygen atoms in total. The summed E-state index contributed by atoms with van der Waals surface area (Å²) in [6, 6.07) is 9.31. The molecule has 1 aromatic carbocycles. The standard InChI is InChI=1S/C9H8O2.CH4O.Zn/c10-9(11)7-6-8-4-2-1-3-5-8;1-2;/h1-7H,(H,10,11);2H,1H3;. The molecule has 0 aromatic heterocycles. The Morgan fingerprint density at radius 3 is 2.14 bits per heavy atom. The summed E-state index contributed by atoms with van der Waals surface area (Å²) in [6.45, 7) is 0. The Bertz CT molecular complexity index is 270. The molecule has 72 valence electrons. The predicted molar refractivity (Wildman–Crippen MR) is 51.3 cm³/mol. The fourth-order valence-electron chi connectivity index (χ4n) is 0.732. The summed E-state index contributed by atoms with van der Waals surface area (Å²) in [4.78, 5) is 10.1. The van der Waals surface area contributed by atoms with Gasteiger partial charge in [0.25, 0.3) is 0 Å². The zero-order valence-corrected chi connectivity index (χ0v) is 11.0. The first-order chi connectivity index (χ1) is 6.29. The molecule has 0 aliphatic rings. The quantitative estimate of drug-likeness (QED) is 0.612. The van der Waals surface area contributed by atoms with E-state index in [1.165, 1.54) is 0 Å². The largest absolute Gasteiger partial charge is 0.478 e. The Hall–Kier alpha value is -0.987. The van der Waals surface area contributed by atoms with Gasteiger partial charge >= 0.3 is 5.97 Å². The van der Waals surface area contributed by atoms with E-state index in [0.29, 0.717) is 0 Å². The fourth-order valence-corrected chi connectivity index (χ4v) is 0.732. The number of aliphatic carboxylic acids is 1. The predicted octanol–water partition coefficient (Wildman–Crippen LogP) is 1.39. The van der Waals surface area contributed by atoms with Crippen LogP contribution in [-0.4, -0.2) is 23.3 Å². The summed E-state index contributed by atoms with van der Waals surface area (Å²) in [7, 11) is 1.00. The van der Waals surface area contributed by atoms with Crippen LogP contribution >= 0.6 is 0 Å². The van der Waals surface area contributed by atoms with Gasteiger partial charge in [-0.25, -0.2) is 4.79 Å². The van der Waals surface area contributed by atoms with Gasteiger partial charge in [0, 0.05) is 32.7 Å². The molecule has 0 heterocycles. The van der Waals surface area contributed by atoms with Crippen molar-refractivity contribution in [3.63, 3.8) is 0 Å². The number of hydrogen-bond acceptors (Lipinski definition) is 2. The number of aliphatic hydroxyl groups excluding tert-OH is 1. The summed E-state index contributed by atoms with van der Waals surface area (Å²) in [5, 5.41) is 15.3. The van der Waals surface area contributed by atoms with E-state index < -0.39 is 5.97 Å². The van der Waals surface area contributed by atoms with Gasteiger partial charge in [0.2, 0.25) is 0 Å². The topological polar surface area (TPSA) is 57.5 Å². The Labute approximate surface area is 95.8 Å². The third-order valence-electron chi connectivity index (χ3n) is 1.22. The van der Waals surface area contributed by atoms with Gasteiger partial charge in [0.15, 0.2) is 0 Å². The maximum absolute atomic E-state index is 10.1. The average molecular weight is 246 g/mol. The molecule has 0 saturated carbocycles. The van der Waals surface area contributed by atoms with Crippen molar-refractivity contribution >= 4 is 12.0 Å². The van der Waals surface area contributed by atoms with Crippen LogP contribution in [0.3, 0.4) is 0 Å². The Balaban J connectivity index is 0. The summed E-state index contributed by atoms with van der Waals surface area (Å²) < 4.78 is 0. The molecule has 14 heavy (non-hydrogen) atoms. The van der Waals surface area contributed by atoms with Gasteiger partial charge in [-0.05, 0) is 11.6 Å². The molecule has 1 aromatic rings. The molecule has 0 fully saturated rings. The molecule has 1 rings (SSSR count). The first kappa shape index (κ1) is 15.5. The van der Waals surface area contributed by atoms with Crippen LogP contribution in [0.2, 0.25) is 0 Å². The number of carbonyl (C=O) groups is 1. The molecule has 0 aliphatic heterocycles. The molecule has 0 bridgehead atoms. The van der Waals surface area contributed by atoms with Crippen molar-refractivity contribution < 1.29 is 34.5 Å². The maximum Gasteiger partial charge on any atom is 0.328 e. The number of carboxylic acid groups (broad SMARTS) is 1. The molecular formula is C10H12O3Zn. The number of rotatable bonds is 2. The summed E-state index contributed by atoms with van der Waals surface area (Å²) in [5.74, 6) is -0.922. The van der Waals surface area contributed by atoms with E-state index in [4.69, 9.17) is 10.2 Å². The van der Waals surface area contributed by atoms with Gasteiger partial charge in [0.1, 0.15) is 0 Å². The van der Waals surface area contributed by atoms with Crippen LogP contribution in [0, 0.1) is 0 Å². The van der Waals surface area contributed by atoms with Crippen molar-refractivity contribution in [1.29, 1.82) is 0 Å². The minimum Gasteiger partial charge on any atom is -0.478 e. The Morgan fingerprint density at radius 1 is 1.21 bits per heavy atom. The zero-order valence-electron chi connectivity index (χ0n) is 8.05. The second-order valence-corrected chi connectivity index (χ2v) is 2.08. The van der Waals surface area contributed by atoms with Gasteiger partial charge in [-0.15, -0.1) is 0 Å². The van der Waals surface area contributed by atoms with Crippen molar-refractivity contribution in [2.45, 2.75) is 0 Å². The van der Waals surface area contributed by atoms with Crippen LogP contribution in [-0.2, 0) is 24.3 Å². The van der Waals surface area contributed by atoms with Crippen molar-refractivity contribution in [1.82, 2.24) is 0 Å². The second kappa shape index (κ2) is 10.1. The van der Waals surface area contributed by atoms with Crippen molar-refractivity contribution in [2.75, 3.05) is 7.11 Å². The van der Waals surface area contributed by atoms with Crippen LogP contribution in [0.1, 0.15) is 5.56 Å². The van der Waals surface area contributed by atoms with Gasteiger partial charge in [-0.2, -0.15) is 0 Å². The van der Waals surface area contributed by atoms with E-state index in [0.717, 1.165) is 18.7 Å². The van der Waals surface area contributed by atoms with Crippen molar-refractivity contribution in [3.05, 3.63) is 42.0 Å². The Morgan fingerprint density at radius 2 is 1.71 bits per heavy atom. The van der Waals surface area contributed by atoms with E-state index in [2.05, 4.69) is 0 Å². The third-order valence-corrected chi connectivity index (χ3v) is 1.22.